The van der Waals surface area contributed by atoms with Crippen molar-refractivity contribution < 1.29 is 9.59 Å². The molecule has 1 fully saturated rings. The second kappa shape index (κ2) is 9.73. The maximum atomic E-state index is 12.3. The van der Waals surface area contributed by atoms with Crippen LogP contribution >= 0.6 is 0 Å². The monoisotopic (exact) mass is 384 g/mol. The van der Waals surface area contributed by atoms with E-state index >= 15 is 0 Å². The van der Waals surface area contributed by atoms with E-state index in [2.05, 4.69) is 29.5 Å². The van der Waals surface area contributed by atoms with E-state index in [0.717, 1.165) is 49.2 Å². The van der Waals surface area contributed by atoms with E-state index in [1.165, 1.54) is 11.4 Å². The van der Waals surface area contributed by atoms with Gasteiger partial charge in [-0.05, 0) is 42.9 Å². The molecule has 1 aromatic carbocycles. The molecule has 1 saturated heterocycles. The molecule has 2 aliphatic heterocycles. The summed E-state index contributed by atoms with van der Waals surface area (Å²) in [6, 6.07) is 9.82. The van der Waals surface area contributed by atoms with Gasteiger partial charge in [0.15, 0.2) is 0 Å². The Morgan fingerprint density at radius 1 is 1.18 bits per heavy atom. The highest BCUT2D eigenvalue weighted by Gasteiger charge is 2.23. The second-order valence-electron chi connectivity index (χ2n) is 8.19. The number of piperidine rings is 1. The van der Waals surface area contributed by atoms with Crippen molar-refractivity contribution in [2.75, 3.05) is 32.7 Å². The third-order valence-electron chi connectivity index (χ3n) is 5.34. The molecule has 0 saturated carbocycles. The molecule has 2 heterocycles. The number of nitrogens with one attached hydrogen (secondary N) is 2. The zero-order chi connectivity index (χ0) is 19.9. The number of hydrogen-bond donors (Lipinski definition) is 2. The molecule has 0 aromatic heterocycles. The quantitative estimate of drug-likeness (QED) is 0.708. The molecule has 0 spiro atoms. The van der Waals surface area contributed by atoms with E-state index in [-0.39, 0.29) is 18.4 Å². The number of nitrogens with zero attached hydrogens (tertiary/aromatic N) is 2. The first-order chi connectivity index (χ1) is 13.5. The molecule has 1 aromatic rings. The minimum atomic E-state index is -0.129. The Labute approximate surface area is 167 Å². The molecular formula is C22H32N4O2. The molecule has 0 radical (unpaired) electrons. The van der Waals surface area contributed by atoms with Gasteiger partial charge in [0.1, 0.15) is 6.54 Å². The van der Waals surface area contributed by atoms with Gasteiger partial charge >= 0.3 is 0 Å². The summed E-state index contributed by atoms with van der Waals surface area (Å²) in [6.07, 6.45) is 4.41. The fourth-order valence-electron chi connectivity index (χ4n) is 4.19. The average Bonchev–Trinajstić information content (AvgIpc) is 2.67. The Morgan fingerprint density at radius 2 is 1.89 bits per heavy atom. The molecule has 152 valence electrons. The van der Waals surface area contributed by atoms with Gasteiger partial charge in [0.2, 0.25) is 11.8 Å². The maximum Gasteiger partial charge on any atom is 0.245 e. The molecule has 3 rings (SSSR count). The molecule has 2 N–H and O–H groups in total. The Kier molecular flexibility index (Phi) is 7.09. The zero-order valence-electron chi connectivity index (χ0n) is 17.0. The Bertz CT molecular complexity index is 694. The molecule has 2 aliphatic rings. The van der Waals surface area contributed by atoms with E-state index in [9.17, 15) is 9.59 Å². The van der Waals surface area contributed by atoms with Gasteiger partial charge in [0, 0.05) is 26.1 Å². The number of likely N-dealkylation sites (tertiary alicyclic amines) is 1. The topological polar surface area (TPSA) is 64.7 Å². The highest BCUT2D eigenvalue weighted by Crippen LogP contribution is 2.20. The summed E-state index contributed by atoms with van der Waals surface area (Å²) in [4.78, 5) is 26.9. The fourth-order valence-corrected chi connectivity index (χ4v) is 4.19. The SMILES string of the molecule is CC1CC(C)CN(CCCNC(=O)CN2NC(c3ccccc3)=CCC2=O)C1. The molecule has 2 unspecified atom stereocenters. The van der Waals surface area contributed by atoms with Gasteiger partial charge < -0.3 is 10.2 Å². The van der Waals surface area contributed by atoms with E-state index in [4.69, 9.17) is 0 Å². The van der Waals surface area contributed by atoms with Crippen LogP contribution in [0, 0.1) is 11.8 Å². The second-order valence-corrected chi connectivity index (χ2v) is 8.19. The van der Waals surface area contributed by atoms with Gasteiger partial charge in [0.25, 0.3) is 0 Å². The molecule has 6 heteroatoms. The number of benzene rings is 1. The number of amides is 2. The van der Waals surface area contributed by atoms with Gasteiger partial charge in [-0.25, -0.2) is 5.01 Å². The van der Waals surface area contributed by atoms with Crippen molar-refractivity contribution in [3.8, 4) is 0 Å². The van der Waals surface area contributed by atoms with Crippen molar-refractivity contribution >= 4 is 17.5 Å². The largest absolute Gasteiger partial charge is 0.354 e. The van der Waals surface area contributed by atoms with Crippen molar-refractivity contribution in [2.24, 2.45) is 11.8 Å². The number of hydrogen-bond acceptors (Lipinski definition) is 4. The Hall–Kier alpha value is -2.34. The number of rotatable bonds is 7. The lowest BCUT2D eigenvalue weighted by molar-refractivity contribution is -0.137. The summed E-state index contributed by atoms with van der Waals surface area (Å²) in [5.41, 5.74) is 4.95. The number of hydrazine groups is 1. The van der Waals surface area contributed by atoms with Crippen LogP contribution in [0.25, 0.3) is 5.70 Å². The molecule has 0 aliphatic carbocycles. The average molecular weight is 385 g/mol. The van der Waals surface area contributed by atoms with E-state index < -0.39 is 0 Å². The highest BCUT2D eigenvalue weighted by atomic mass is 16.2. The van der Waals surface area contributed by atoms with Crippen molar-refractivity contribution in [1.82, 2.24) is 20.7 Å². The zero-order valence-corrected chi connectivity index (χ0v) is 17.0. The van der Waals surface area contributed by atoms with Crippen LogP contribution in [0.1, 0.15) is 38.7 Å². The summed E-state index contributed by atoms with van der Waals surface area (Å²) in [6.45, 7) is 8.60. The standard InChI is InChI=1S/C22H32N4O2/c1-17-13-18(2)15-25(14-17)12-6-11-23-21(27)16-26-22(28)10-9-20(24-26)19-7-4-3-5-8-19/h3-5,7-9,17-18,24H,6,10-16H2,1-2H3,(H,23,27). The van der Waals surface area contributed by atoms with Crippen LogP contribution in [0.3, 0.4) is 0 Å². The van der Waals surface area contributed by atoms with Gasteiger partial charge in [-0.15, -0.1) is 0 Å². The van der Waals surface area contributed by atoms with Crippen molar-refractivity contribution in [3.05, 3.63) is 42.0 Å². The first kappa shape index (κ1) is 20.4. The van der Waals surface area contributed by atoms with Crippen LogP contribution in [0.4, 0.5) is 0 Å². The third-order valence-corrected chi connectivity index (χ3v) is 5.34. The minimum Gasteiger partial charge on any atom is -0.354 e. The lowest BCUT2D eigenvalue weighted by Gasteiger charge is -2.35. The number of carbonyl (C=O) groups is 2. The van der Waals surface area contributed by atoms with Gasteiger partial charge in [-0.3, -0.25) is 15.0 Å². The molecule has 28 heavy (non-hydrogen) atoms. The normalized spacial score (nSPS) is 23.1. The van der Waals surface area contributed by atoms with E-state index in [1.54, 1.807) is 0 Å². The summed E-state index contributed by atoms with van der Waals surface area (Å²) in [5.74, 6) is 1.28. The lowest BCUT2D eigenvalue weighted by atomic mass is 9.92. The van der Waals surface area contributed by atoms with Gasteiger partial charge in [0.05, 0.1) is 5.70 Å². The molecule has 2 atom stereocenters. The predicted molar refractivity (Wildman–Crippen MR) is 111 cm³/mol. The van der Waals surface area contributed by atoms with E-state index in [1.807, 2.05) is 36.4 Å². The van der Waals surface area contributed by atoms with Crippen LogP contribution in [0.15, 0.2) is 36.4 Å². The van der Waals surface area contributed by atoms with Crippen molar-refractivity contribution in [2.45, 2.75) is 33.1 Å². The minimum absolute atomic E-state index is 0.0286. The third kappa shape index (κ3) is 5.83. The molecule has 0 bridgehead atoms. The van der Waals surface area contributed by atoms with Crippen LogP contribution in [-0.2, 0) is 9.59 Å². The maximum absolute atomic E-state index is 12.3. The summed E-state index contributed by atoms with van der Waals surface area (Å²) in [7, 11) is 0. The van der Waals surface area contributed by atoms with Crippen LogP contribution in [0.2, 0.25) is 0 Å². The summed E-state index contributed by atoms with van der Waals surface area (Å²) < 4.78 is 0. The lowest BCUT2D eigenvalue weighted by Crippen LogP contribution is -2.49. The van der Waals surface area contributed by atoms with Gasteiger partial charge in [-0.1, -0.05) is 44.2 Å². The van der Waals surface area contributed by atoms with Crippen LogP contribution in [0.5, 0.6) is 0 Å². The number of carbonyl (C=O) groups excluding carboxylic acids is 2. The first-order valence-electron chi connectivity index (χ1n) is 10.3. The van der Waals surface area contributed by atoms with Crippen molar-refractivity contribution in [1.29, 1.82) is 0 Å². The van der Waals surface area contributed by atoms with Crippen LogP contribution in [-0.4, -0.2) is 54.4 Å². The molecular weight excluding hydrogens is 352 g/mol. The Morgan fingerprint density at radius 3 is 2.61 bits per heavy atom. The smallest absolute Gasteiger partial charge is 0.245 e. The highest BCUT2D eigenvalue weighted by molar-refractivity contribution is 5.88. The summed E-state index contributed by atoms with van der Waals surface area (Å²) >= 11 is 0. The van der Waals surface area contributed by atoms with Crippen molar-refractivity contribution in [3.63, 3.8) is 0 Å². The van der Waals surface area contributed by atoms with Gasteiger partial charge in [-0.2, -0.15) is 0 Å². The Balaban J connectivity index is 1.39. The predicted octanol–water partition coefficient (Wildman–Crippen LogP) is 2.25. The summed E-state index contributed by atoms with van der Waals surface area (Å²) in [5, 5.41) is 4.36. The van der Waals surface area contributed by atoms with E-state index in [0.29, 0.717) is 13.0 Å². The first-order valence-corrected chi connectivity index (χ1v) is 10.3. The van der Waals surface area contributed by atoms with Crippen LogP contribution < -0.4 is 10.7 Å². The fraction of sp³-hybridized carbons (Fsp3) is 0.545. The molecule has 6 nitrogen and oxygen atoms in total. The molecule has 2 amide bonds.